The molecule has 0 aromatic carbocycles. The summed E-state index contributed by atoms with van der Waals surface area (Å²) >= 11 is 5.43. The first-order valence-electron chi connectivity index (χ1n) is 2.88. The monoisotopic (exact) mass is 164 g/mol. The highest BCUT2D eigenvalue weighted by molar-refractivity contribution is 6.47. The van der Waals surface area contributed by atoms with E-state index in [1.807, 2.05) is 0 Å². The van der Waals surface area contributed by atoms with Crippen LogP contribution in [-0.2, 0) is 9.59 Å². The van der Waals surface area contributed by atoms with E-state index in [4.69, 9.17) is 16.7 Å². The highest BCUT2D eigenvalue weighted by Crippen LogP contribution is 2.09. The quantitative estimate of drug-likeness (QED) is 0.498. The molecule has 0 radical (unpaired) electrons. The van der Waals surface area contributed by atoms with Gasteiger partial charge in [0, 0.05) is 0 Å². The Kier molecular flexibility index (Phi) is 3.36. The van der Waals surface area contributed by atoms with Crippen LogP contribution in [0.5, 0.6) is 0 Å². The van der Waals surface area contributed by atoms with E-state index in [1.165, 1.54) is 0 Å². The van der Waals surface area contributed by atoms with Gasteiger partial charge in [0.05, 0.1) is 0 Å². The minimum Gasteiger partial charge on any atom is -0.475 e. The van der Waals surface area contributed by atoms with E-state index in [2.05, 4.69) is 0 Å². The molecule has 0 aliphatic heterocycles. The number of carboxylic acid groups (broad SMARTS) is 1. The van der Waals surface area contributed by atoms with Crippen molar-refractivity contribution in [1.29, 1.82) is 0 Å². The van der Waals surface area contributed by atoms with Crippen molar-refractivity contribution >= 4 is 23.4 Å². The van der Waals surface area contributed by atoms with Gasteiger partial charge in [0.1, 0.15) is 5.38 Å². The van der Waals surface area contributed by atoms with Crippen LogP contribution in [0.1, 0.15) is 13.8 Å². The number of Topliss-reactive ketones (excluding diaryl/α,β-unsaturated/α-hetero) is 1. The molecule has 0 rings (SSSR count). The lowest BCUT2D eigenvalue weighted by atomic mass is 10.1. The molecule has 58 valence electrons. The zero-order valence-electron chi connectivity index (χ0n) is 5.80. The zero-order valence-corrected chi connectivity index (χ0v) is 6.55. The molecule has 0 aliphatic rings. The summed E-state index contributed by atoms with van der Waals surface area (Å²) in [6, 6.07) is 0. The molecule has 0 saturated carbocycles. The molecular formula is C6H9ClO3. The number of ketones is 1. The van der Waals surface area contributed by atoms with Crippen molar-refractivity contribution in [3.63, 3.8) is 0 Å². The van der Waals surface area contributed by atoms with Gasteiger partial charge in [0.25, 0.3) is 5.78 Å². The molecule has 0 amide bonds. The molecule has 0 bridgehead atoms. The third-order valence-corrected chi connectivity index (χ3v) is 1.75. The number of rotatable bonds is 3. The summed E-state index contributed by atoms with van der Waals surface area (Å²) in [5.41, 5.74) is 0. The molecule has 0 aliphatic carbocycles. The van der Waals surface area contributed by atoms with Gasteiger partial charge in [-0.15, -0.1) is 11.6 Å². The maximum Gasteiger partial charge on any atom is 0.373 e. The van der Waals surface area contributed by atoms with Crippen LogP contribution in [0.2, 0.25) is 0 Å². The van der Waals surface area contributed by atoms with E-state index in [9.17, 15) is 9.59 Å². The number of halogens is 1. The van der Waals surface area contributed by atoms with E-state index in [-0.39, 0.29) is 5.92 Å². The van der Waals surface area contributed by atoms with Gasteiger partial charge in [0.15, 0.2) is 0 Å². The average Bonchev–Trinajstić information content (AvgIpc) is 1.84. The molecule has 10 heavy (non-hydrogen) atoms. The molecule has 0 aromatic heterocycles. The number of carbonyl (C=O) groups excluding carboxylic acids is 1. The molecule has 3 nitrogen and oxygen atoms in total. The first-order chi connectivity index (χ1) is 4.46. The number of aliphatic carboxylic acids is 1. The largest absolute Gasteiger partial charge is 0.475 e. The molecule has 1 unspecified atom stereocenters. The first kappa shape index (κ1) is 9.43. The maximum absolute atomic E-state index is 10.6. The van der Waals surface area contributed by atoms with Crippen LogP contribution in [0.15, 0.2) is 0 Å². The second kappa shape index (κ2) is 3.56. The highest BCUT2D eigenvalue weighted by atomic mass is 35.5. The van der Waals surface area contributed by atoms with Gasteiger partial charge in [0.2, 0.25) is 0 Å². The van der Waals surface area contributed by atoms with Crippen LogP contribution in [-0.4, -0.2) is 22.2 Å². The van der Waals surface area contributed by atoms with E-state index < -0.39 is 17.1 Å². The third-order valence-electron chi connectivity index (χ3n) is 1.05. The van der Waals surface area contributed by atoms with Crippen molar-refractivity contribution in [2.45, 2.75) is 19.2 Å². The van der Waals surface area contributed by atoms with Gasteiger partial charge < -0.3 is 5.11 Å². The Morgan fingerprint density at radius 2 is 1.80 bits per heavy atom. The smallest absolute Gasteiger partial charge is 0.373 e. The number of carboxylic acids is 1. The summed E-state index contributed by atoms with van der Waals surface area (Å²) in [7, 11) is 0. The SMILES string of the molecule is CC(C)C(Cl)C(=O)C(=O)O. The Morgan fingerprint density at radius 3 is 1.90 bits per heavy atom. The fourth-order valence-electron chi connectivity index (χ4n) is 0.421. The van der Waals surface area contributed by atoms with Crippen molar-refractivity contribution in [2.75, 3.05) is 0 Å². The van der Waals surface area contributed by atoms with E-state index >= 15 is 0 Å². The van der Waals surface area contributed by atoms with Crippen LogP contribution in [0, 0.1) is 5.92 Å². The molecule has 0 saturated heterocycles. The molecule has 1 atom stereocenters. The predicted molar refractivity (Wildman–Crippen MR) is 37.1 cm³/mol. The Balaban J connectivity index is 4.08. The third kappa shape index (κ3) is 2.35. The summed E-state index contributed by atoms with van der Waals surface area (Å²) in [5, 5.41) is 7.26. The van der Waals surface area contributed by atoms with Crippen molar-refractivity contribution in [3.8, 4) is 0 Å². The number of alkyl halides is 1. The lowest BCUT2D eigenvalue weighted by Gasteiger charge is -2.07. The zero-order chi connectivity index (χ0) is 8.31. The highest BCUT2D eigenvalue weighted by Gasteiger charge is 2.24. The van der Waals surface area contributed by atoms with E-state index in [1.54, 1.807) is 13.8 Å². The van der Waals surface area contributed by atoms with E-state index in [0.29, 0.717) is 0 Å². The van der Waals surface area contributed by atoms with Gasteiger partial charge in [-0.3, -0.25) is 4.79 Å². The van der Waals surface area contributed by atoms with Crippen LogP contribution in [0.3, 0.4) is 0 Å². The summed E-state index contributed by atoms with van der Waals surface area (Å²) in [6.45, 7) is 3.39. The molecule has 0 heterocycles. The maximum atomic E-state index is 10.6. The summed E-state index contributed by atoms with van der Waals surface area (Å²) < 4.78 is 0. The fourth-order valence-corrected chi connectivity index (χ4v) is 0.514. The Labute approximate surface area is 64.0 Å². The molecule has 0 aromatic rings. The lowest BCUT2D eigenvalue weighted by Crippen LogP contribution is -2.27. The average molecular weight is 165 g/mol. The van der Waals surface area contributed by atoms with Crippen molar-refractivity contribution in [3.05, 3.63) is 0 Å². The Morgan fingerprint density at radius 1 is 1.40 bits per heavy atom. The van der Waals surface area contributed by atoms with E-state index in [0.717, 1.165) is 0 Å². The second-order valence-electron chi connectivity index (χ2n) is 2.32. The molecule has 0 fully saturated rings. The minimum absolute atomic E-state index is 0.134. The lowest BCUT2D eigenvalue weighted by molar-refractivity contribution is -0.149. The normalized spacial score (nSPS) is 13.2. The molecule has 1 N–H and O–H groups in total. The summed E-state index contributed by atoms with van der Waals surface area (Å²) in [5.74, 6) is -2.53. The van der Waals surface area contributed by atoms with Gasteiger partial charge >= 0.3 is 5.97 Å². The van der Waals surface area contributed by atoms with Crippen LogP contribution < -0.4 is 0 Å². The number of carbonyl (C=O) groups is 2. The van der Waals surface area contributed by atoms with Crippen molar-refractivity contribution in [1.82, 2.24) is 0 Å². The van der Waals surface area contributed by atoms with Gasteiger partial charge in [-0.2, -0.15) is 0 Å². The summed E-state index contributed by atoms with van der Waals surface area (Å²) in [4.78, 5) is 20.6. The summed E-state index contributed by atoms with van der Waals surface area (Å²) in [6.07, 6.45) is 0. The number of hydrogen-bond donors (Lipinski definition) is 1. The van der Waals surface area contributed by atoms with Gasteiger partial charge in [-0.25, -0.2) is 4.79 Å². The molecule has 4 heteroatoms. The van der Waals surface area contributed by atoms with Crippen molar-refractivity contribution < 1.29 is 14.7 Å². The molecular weight excluding hydrogens is 156 g/mol. The molecule has 0 spiro atoms. The van der Waals surface area contributed by atoms with Gasteiger partial charge in [-0.05, 0) is 5.92 Å². The topological polar surface area (TPSA) is 54.4 Å². The minimum atomic E-state index is -1.46. The number of hydrogen-bond acceptors (Lipinski definition) is 2. The standard InChI is InChI=1S/C6H9ClO3/c1-3(2)4(7)5(8)6(9)10/h3-4H,1-2H3,(H,9,10). The van der Waals surface area contributed by atoms with Crippen LogP contribution in [0.25, 0.3) is 0 Å². The van der Waals surface area contributed by atoms with Crippen molar-refractivity contribution in [2.24, 2.45) is 5.92 Å². The predicted octanol–water partition coefficient (Wildman–Crippen LogP) is 0.903. The fraction of sp³-hybridized carbons (Fsp3) is 0.667. The second-order valence-corrected chi connectivity index (χ2v) is 2.79. The Bertz CT molecular complexity index is 153. The van der Waals surface area contributed by atoms with Gasteiger partial charge in [-0.1, -0.05) is 13.8 Å². The van der Waals surface area contributed by atoms with Crippen LogP contribution in [0.4, 0.5) is 0 Å². The first-order valence-corrected chi connectivity index (χ1v) is 3.31. The van der Waals surface area contributed by atoms with Crippen LogP contribution >= 0.6 is 11.6 Å². The Hall–Kier alpha value is -0.570.